The second-order valence-electron chi connectivity index (χ2n) is 3.79. The molecule has 0 spiro atoms. The number of ether oxygens (including phenoxy) is 1. The molecule has 0 aliphatic heterocycles. The van der Waals surface area contributed by atoms with Gasteiger partial charge in [0.1, 0.15) is 5.69 Å². The molecule has 15 heavy (non-hydrogen) atoms. The van der Waals surface area contributed by atoms with Gasteiger partial charge in [-0.3, -0.25) is 0 Å². The van der Waals surface area contributed by atoms with Crippen molar-refractivity contribution < 1.29 is 14.6 Å². The van der Waals surface area contributed by atoms with Gasteiger partial charge in [0.05, 0.1) is 19.3 Å². The maximum absolute atomic E-state index is 11.3. The zero-order chi connectivity index (χ0) is 11.6. The highest BCUT2D eigenvalue weighted by atomic mass is 16.5. The van der Waals surface area contributed by atoms with Gasteiger partial charge in [-0.05, 0) is 18.6 Å². The number of methoxy groups -OCH3 is 1. The molecule has 1 rings (SSSR count). The molecule has 84 valence electrons. The van der Waals surface area contributed by atoms with Crippen molar-refractivity contribution >= 4 is 5.97 Å². The van der Waals surface area contributed by atoms with E-state index in [4.69, 9.17) is 10.8 Å². The minimum absolute atomic E-state index is 0.183. The molecular weight excluding hydrogens is 196 g/mol. The molecule has 1 atom stereocenters. The van der Waals surface area contributed by atoms with Gasteiger partial charge in [-0.15, -0.1) is 0 Å². The summed E-state index contributed by atoms with van der Waals surface area (Å²) in [4.78, 5) is 11.3. The number of hydrogen-bond acceptors (Lipinski definition) is 4. The predicted molar refractivity (Wildman–Crippen MR) is 55.4 cm³/mol. The molecule has 0 aliphatic rings. The van der Waals surface area contributed by atoms with Gasteiger partial charge in [0.25, 0.3) is 0 Å². The maximum atomic E-state index is 11.3. The van der Waals surface area contributed by atoms with Crippen LogP contribution in [0.3, 0.4) is 0 Å². The van der Waals surface area contributed by atoms with E-state index in [-0.39, 0.29) is 6.61 Å². The zero-order valence-corrected chi connectivity index (χ0v) is 9.15. The number of nitrogens with two attached hydrogens (primary N) is 1. The molecule has 0 bridgehead atoms. The summed E-state index contributed by atoms with van der Waals surface area (Å²) in [5.41, 5.74) is 6.12. The first kappa shape index (κ1) is 11.7. The van der Waals surface area contributed by atoms with Gasteiger partial charge in [-0.2, -0.15) is 0 Å². The van der Waals surface area contributed by atoms with E-state index in [2.05, 4.69) is 4.74 Å². The number of hydrogen-bond donors (Lipinski definition) is 2. The quantitative estimate of drug-likeness (QED) is 0.690. The number of aryl methyl sites for hydroxylation is 1. The summed E-state index contributed by atoms with van der Waals surface area (Å²) in [5, 5.41) is 9.09. The normalized spacial score (nSPS) is 14.7. The van der Waals surface area contributed by atoms with Crippen molar-refractivity contribution in [2.45, 2.75) is 12.5 Å². The molecule has 0 fully saturated rings. The number of carbonyl (C=O) groups is 1. The molecule has 1 aromatic rings. The number of aromatic nitrogens is 1. The first-order valence-corrected chi connectivity index (χ1v) is 4.57. The van der Waals surface area contributed by atoms with Crippen LogP contribution in [0.5, 0.6) is 0 Å². The first-order chi connectivity index (χ1) is 6.92. The van der Waals surface area contributed by atoms with E-state index in [1.54, 1.807) is 30.8 Å². The Kier molecular flexibility index (Phi) is 3.16. The zero-order valence-electron chi connectivity index (χ0n) is 9.15. The Hall–Kier alpha value is -1.33. The highest BCUT2D eigenvalue weighted by Gasteiger charge is 2.24. The fourth-order valence-corrected chi connectivity index (χ4v) is 1.28. The van der Waals surface area contributed by atoms with Crippen LogP contribution in [-0.4, -0.2) is 29.4 Å². The first-order valence-electron chi connectivity index (χ1n) is 4.57. The second-order valence-corrected chi connectivity index (χ2v) is 3.79. The molecule has 1 aromatic heterocycles. The molecule has 1 heterocycles. The van der Waals surface area contributed by atoms with E-state index in [0.717, 1.165) is 0 Å². The number of nitrogens with zero attached hydrogens (tertiary/aromatic N) is 1. The lowest BCUT2D eigenvalue weighted by Crippen LogP contribution is -2.36. The van der Waals surface area contributed by atoms with Gasteiger partial charge in [-0.1, -0.05) is 0 Å². The van der Waals surface area contributed by atoms with E-state index in [0.29, 0.717) is 11.3 Å². The Labute approximate surface area is 88.4 Å². The molecule has 5 heteroatoms. The molecule has 0 aromatic carbocycles. The lowest BCUT2D eigenvalue weighted by atomic mass is 9.97. The monoisotopic (exact) mass is 212 g/mol. The van der Waals surface area contributed by atoms with Crippen molar-refractivity contribution in [2.75, 3.05) is 13.7 Å². The van der Waals surface area contributed by atoms with Gasteiger partial charge < -0.3 is 20.1 Å². The van der Waals surface area contributed by atoms with Crippen LogP contribution >= 0.6 is 0 Å². The number of aliphatic hydroxyl groups is 1. The van der Waals surface area contributed by atoms with Crippen molar-refractivity contribution in [3.63, 3.8) is 0 Å². The molecule has 0 amide bonds. The third-order valence-corrected chi connectivity index (χ3v) is 2.39. The predicted octanol–water partition coefficient (Wildman–Crippen LogP) is -0.0221. The summed E-state index contributed by atoms with van der Waals surface area (Å²) >= 11 is 0. The third kappa shape index (κ3) is 2.19. The standard InChI is InChI=1S/C10H16N2O3/c1-10(11,6-13)7-4-8(9(14)15-3)12(2)5-7/h4-5,13H,6,11H2,1-3H3. The number of aliphatic hydroxyl groups excluding tert-OH is 1. The van der Waals surface area contributed by atoms with Gasteiger partial charge in [0.2, 0.25) is 0 Å². The highest BCUT2D eigenvalue weighted by Crippen LogP contribution is 2.19. The van der Waals surface area contributed by atoms with Crippen LogP contribution in [0, 0.1) is 0 Å². The van der Waals surface area contributed by atoms with Gasteiger partial charge in [0, 0.05) is 13.2 Å². The van der Waals surface area contributed by atoms with E-state index in [1.165, 1.54) is 7.11 Å². The molecule has 1 unspecified atom stereocenters. The summed E-state index contributed by atoms with van der Waals surface area (Å²) in [6.45, 7) is 1.51. The Bertz CT molecular complexity index is 369. The lowest BCUT2D eigenvalue weighted by Gasteiger charge is -2.19. The number of rotatable bonds is 3. The SMILES string of the molecule is COC(=O)c1cc(C(C)(N)CO)cn1C. The molecule has 0 saturated heterocycles. The minimum atomic E-state index is -0.843. The average molecular weight is 212 g/mol. The van der Waals surface area contributed by atoms with Crippen LogP contribution in [0.1, 0.15) is 23.0 Å². The minimum Gasteiger partial charge on any atom is -0.464 e. The molecule has 5 nitrogen and oxygen atoms in total. The molecular formula is C10H16N2O3. The average Bonchev–Trinajstić information content (AvgIpc) is 2.60. The van der Waals surface area contributed by atoms with Crippen molar-refractivity contribution in [1.82, 2.24) is 4.57 Å². The fourth-order valence-electron chi connectivity index (χ4n) is 1.28. The Morgan fingerprint density at radius 3 is 2.80 bits per heavy atom. The number of carbonyl (C=O) groups excluding carboxylic acids is 1. The van der Waals surface area contributed by atoms with E-state index in [9.17, 15) is 4.79 Å². The van der Waals surface area contributed by atoms with Crippen molar-refractivity contribution in [3.05, 3.63) is 23.5 Å². The van der Waals surface area contributed by atoms with Crippen molar-refractivity contribution in [1.29, 1.82) is 0 Å². The molecule has 3 N–H and O–H groups in total. The topological polar surface area (TPSA) is 77.5 Å². The lowest BCUT2D eigenvalue weighted by molar-refractivity contribution is 0.0590. The summed E-state index contributed by atoms with van der Waals surface area (Å²) < 4.78 is 6.24. The van der Waals surface area contributed by atoms with Crippen LogP contribution in [0.25, 0.3) is 0 Å². The van der Waals surface area contributed by atoms with Crippen LogP contribution in [0.15, 0.2) is 12.3 Å². The van der Waals surface area contributed by atoms with Gasteiger partial charge in [0.15, 0.2) is 0 Å². The van der Waals surface area contributed by atoms with Crippen LogP contribution in [0.2, 0.25) is 0 Å². The van der Waals surface area contributed by atoms with E-state index in [1.807, 2.05) is 0 Å². The van der Waals surface area contributed by atoms with Crippen LogP contribution in [-0.2, 0) is 17.3 Å². The third-order valence-electron chi connectivity index (χ3n) is 2.39. The summed E-state index contributed by atoms with van der Waals surface area (Å²) in [5.74, 6) is -0.419. The molecule has 0 saturated carbocycles. The van der Waals surface area contributed by atoms with Crippen LogP contribution < -0.4 is 5.73 Å². The fraction of sp³-hybridized carbons (Fsp3) is 0.500. The van der Waals surface area contributed by atoms with Crippen LogP contribution in [0.4, 0.5) is 0 Å². The van der Waals surface area contributed by atoms with Crippen molar-refractivity contribution in [2.24, 2.45) is 12.8 Å². The summed E-state index contributed by atoms with van der Waals surface area (Å²) in [6.07, 6.45) is 1.71. The Morgan fingerprint density at radius 2 is 2.33 bits per heavy atom. The summed E-state index contributed by atoms with van der Waals surface area (Å²) in [6, 6.07) is 1.63. The van der Waals surface area contributed by atoms with Crippen molar-refractivity contribution in [3.8, 4) is 0 Å². The van der Waals surface area contributed by atoms with E-state index >= 15 is 0 Å². The largest absolute Gasteiger partial charge is 0.464 e. The van der Waals surface area contributed by atoms with E-state index < -0.39 is 11.5 Å². The maximum Gasteiger partial charge on any atom is 0.354 e. The second kappa shape index (κ2) is 4.04. The Balaban J connectivity index is 3.11. The van der Waals surface area contributed by atoms with Gasteiger partial charge in [-0.25, -0.2) is 4.79 Å². The molecule has 0 aliphatic carbocycles. The molecule has 0 radical (unpaired) electrons. The summed E-state index contributed by atoms with van der Waals surface area (Å²) in [7, 11) is 3.05. The Morgan fingerprint density at radius 1 is 1.73 bits per heavy atom. The van der Waals surface area contributed by atoms with Gasteiger partial charge >= 0.3 is 5.97 Å². The number of esters is 1. The smallest absolute Gasteiger partial charge is 0.354 e. The highest BCUT2D eigenvalue weighted by molar-refractivity contribution is 5.88.